The van der Waals surface area contributed by atoms with Gasteiger partial charge in [0.25, 0.3) is 0 Å². The number of aryl methyl sites for hydroxylation is 1. The number of amides is 1. The summed E-state index contributed by atoms with van der Waals surface area (Å²) in [5, 5.41) is 2.66. The molecule has 0 N–H and O–H groups in total. The van der Waals surface area contributed by atoms with Crippen LogP contribution >= 0.6 is 11.3 Å². The van der Waals surface area contributed by atoms with E-state index in [2.05, 4.69) is 4.98 Å². The predicted molar refractivity (Wildman–Crippen MR) is 101 cm³/mol. The van der Waals surface area contributed by atoms with Gasteiger partial charge in [-0.3, -0.25) is 4.79 Å². The lowest BCUT2D eigenvalue weighted by molar-refractivity contribution is -0.130. The van der Waals surface area contributed by atoms with E-state index in [-0.39, 0.29) is 29.9 Å². The molecule has 1 aromatic heterocycles. The van der Waals surface area contributed by atoms with Crippen molar-refractivity contribution in [1.29, 1.82) is 0 Å². The van der Waals surface area contributed by atoms with Gasteiger partial charge in [-0.05, 0) is 25.5 Å². The number of sulfone groups is 1. The molecule has 0 aliphatic carbocycles. The maximum absolute atomic E-state index is 12.4. The molecule has 1 aliphatic heterocycles. The molecule has 2 aromatic rings. The Hall–Kier alpha value is -1.93. The number of aromatic nitrogens is 1. The number of benzene rings is 1. The minimum atomic E-state index is -3.00. The zero-order valence-corrected chi connectivity index (χ0v) is 16.5. The molecule has 8 heteroatoms. The normalized spacial score (nSPS) is 18.6. The van der Waals surface area contributed by atoms with Gasteiger partial charge < -0.3 is 9.64 Å². The number of hydrogen-bond donors (Lipinski definition) is 0. The summed E-state index contributed by atoms with van der Waals surface area (Å²) in [5.41, 5.74) is 1.86. The SMILES string of the molecule is Cc1ccc(OCc2nc(CC(=O)N(C)C3CCS(=O)(=O)C3)cs2)cc1. The number of carbonyl (C=O) groups excluding carboxylic acids is 1. The molecule has 1 saturated heterocycles. The topological polar surface area (TPSA) is 76.6 Å². The highest BCUT2D eigenvalue weighted by Gasteiger charge is 2.32. The minimum absolute atomic E-state index is 0.0575. The van der Waals surface area contributed by atoms with Crippen molar-refractivity contribution in [2.75, 3.05) is 18.6 Å². The first kappa shape index (κ1) is 18.8. The molecule has 0 bridgehead atoms. The molecule has 1 aliphatic rings. The minimum Gasteiger partial charge on any atom is -0.486 e. The first-order valence-corrected chi connectivity index (χ1v) is 11.1. The van der Waals surface area contributed by atoms with Crippen LogP contribution in [0.5, 0.6) is 5.75 Å². The Morgan fingerprint density at radius 2 is 2.08 bits per heavy atom. The van der Waals surface area contributed by atoms with Crippen molar-refractivity contribution in [3.63, 3.8) is 0 Å². The van der Waals surface area contributed by atoms with Gasteiger partial charge in [-0.25, -0.2) is 13.4 Å². The summed E-state index contributed by atoms with van der Waals surface area (Å²) in [5.74, 6) is 0.892. The molecule has 1 amide bonds. The van der Waals surface area contributed by atoms with Gasteiger partial charge >= 0.3 is 0 Å². The second-order valence-corrected chi connectivity index (χ2v) is 9.74. The van der Waals surface area contributed by atoms with Gasteiger partial charge in [0.05, 0.1) is 23.6 Å². The first-order valence-electron chi connectivity index (χ1n) is 8.41. The van der Waals surface area contributed by atoms with E-state index in [1.165, 1.54) is 16.9 Å². The van der Waals surface area contributed by atoms with Crippen molar-refractivity contribution in [2.24, 2.45) is 0 Å². The van der Waals surface area contributed by atoms with Crippen LogP contribution < -0.4 is 4.74 Å². The van der Waals surface area contributed by atoms with E-state index in [4.69, 9.17) is 4.74 Å². The van der Waals surface area contributed by atoms with Crippen molar-refractivity contribution in [2.45, 2.75) is 32.4 Å². The van der Waals surface area contributed by atoms with E-state index >= 15 is 0 Å². The first-order chi connectivity index (χ1) is 12.3. The highest BCUT2D eigenvalue weighted by molar-refractivity contribution is 7.91. The average molecular weight is 395 g/mol. The number of rotatable bonds is 6. The Labute approximate surface area is 157 Å². The van der Waals surface area contributed by atoms with E-state index in [0.29, 0.717) is 18.7 Å². The van der Waals surface area contributed by atoms with E-state index in [1.807, 2.05) is 36.6 Å². The van der Waals surface area contributed by atoms with E-state index in [0.717, 1.165) is 10.8 Å². The van der Waals surface area contributed by atoms with Gasteiger partial charge in [0.2, 0.25) is 5.91 Å². The van der Waals surface area contributed by atoms with Gasteiger partial charge in [0.1, 0.15) is 17.4 Å². The molecule has 0 radical (unpaired) electrons. The molecule has 2 heterocycles. The molecule has 6 nitrogen and oxygen atoms in total. The monoisotopic (exact) mass is 394 g/mol. The van der Waals surface area contributed by atoms with Crippen LogP contribution in [0.4, 0.5) is 0 Å². The number of ether oxygens (including phenoxy) is 1. The summed E-state index contributed by atoms with van der Waals surface area (Å²) in [6, 6.07) is 7.58. The van der Waals surface area contributed by atoms with Crippen LogP contribution in [0.15, 0.2) is 29.6 Å². The van der Waals surface area contributed by atoms with Crippen molar-refractivity contribution in [3.05, 3.63) is 45.9 Å². The maximum atomic E-state index is 12.4. The number of nitrogens with zero attached hydrogens (tertiary/aromatic N) is 2. The fraction of sp³-hybridized carbons (Fsp3) is 0.444. The lowest BCUT2D eigenvalue weighted by atomic mass is 10.2. The van der Waals surface area contributed by atoms with Crippen LogP contribution in [0.1, 0.15) is 22.7 Å². The molecule has 1 fully saturated rings. The Bertz CT molecular complexity index is 875. The molecule has 0 saturated carbocycles. The van der Waals surface area contributed by atoms with Gasteiger partial charge in [0, 0.05) is 18.5 Å². The largest absolute Gasteiger partial charge is 0.486 e. The molecular formula is C18H22N2O4S2. The third-order valence-electron chi connectivity index (χ3n) is 4.46. The fourth-order valence-electron chi connectivity index (χ4n) is 2.84. The fourth-order valence-corrected chi connectivity index (χ4v) is 5.32. The lowest BCUT2D eigenvalue weighted by Gasteiger charge is -2.23. The van der Waals surface area contributed by atoms with Crippen LogP contribution in [-0.4, -0.2) is 48.8 Å². The summed E-state index contributed by atoms with van der Waals surface area (Å²) in [7, 11) is -1.33. The molecular weight excluding hydrogens is 372 g/mol. The van der Waals surface area contributed by atoms with Gasteiger partial charge in [-0.1, -0.05) is 17.7 Å². The quantitative estimate of drug-likeness (QED) is 0.751. The zero-order chi connectivity index (χ0) is 18.7. The molecule has 26 heavy (non-hydrogen) atoms. The summed E-state index contributed by atoms with van der Waals surface area (Å²) in [6.07, 6.45) is 0.686. The third kappa shape index (κ3) is 4.82. The van der Waals surface area contributed by atoms with Crippen molar-refractivity contribution in [3.8, 4) is 5.75 Å². The van der Waals surface area contributed by atoms with Crippen LogP contribution in [0, 0.1) is 6.92 Å². The van der Waals surface area contributed by atoms with Crippen LogP contribution in [-0.2, 0) is 27.7 Å². The molecule has 1 atom stereocenters. The lowest BCUT2D eigenvalue weighted by Crippen LogP contribution is -2.38. The second kappa shape index (κ2) is 7.75. The second-order valence-electron chi connectivity index (χ2n) is 6.57. The molecule has 1 unspecified atom stereocenters. The summed E-state index contributed by atoms with van der Waals surface area (Å²) >= 11 is 1.45. The van der Waals surface area contributed by atoms with E-state index in [9.17, 15) is 13.2 Å². The molecule has 1 aromatic carbocycles. The summed E-state index contributed by atoms with van der Waals surface area (Å²) < 4.78 is 28.9. The Balaban J connectivity index is 1.52. The van der Waals surface area contributed by atoms with E-state index in [1.54, 1.807) is 11.9 Å². The van der Waals surface area contributed by atoms with Crippen molar-refractivity contribution >= 4 is 27.1 Å². The Morgan fingerprint density at radius 1 is 1.35 bits per heavy atom. The Kier molecular flexibility index (Phi) is 5.62. The van der Waals surface area contributed by atoms with Gasteiger partial charge in [0.15, 0.2) is 9.84 Å². The van der Waals surface area contributed by atoms with Crippen LogP contribution in [0.25, 0.3) is 0 Å². The highest BCUT2D eigenvalue weighted by atomic mass is 32.2. The van der Waals surface area contributed by atoms with Crippen molar-refractivity contribution < 1.29 is 17.9 Å². The predicted octanol–water partition coefficient (Wildman–Crippen LogP) is 2.22. The maximum Gasteiger partial charge on any atom is 0.228 e. The zero-order valence-electron chi connectivity index (χ0n) is 14.8. The van der Waals surface area contributed by atoms with E-state index < -0.39 is 9.84 Å². The average Bonchev–Trinajstić information content (AvgIpc) is 3.19. The Morgan fingerprint density at radius 3 is 2.73 bits per heavy atom. The van der Waals surface area contributed by atoms with Gasteiger partial charge in [-0.15, -0.1) is 11.3 Å². The number of carbonyl (C=O) groups is 1. The van der Waals surface area contributed by atoms with Crippen LogP contribution in [0.3, 0.4) is 0 Å². The number of hydrogen-bond acceptors (Lipinski definition) is 6. The van der Waals surface area contributed by atoms with Crippen molar-refractivity contribution in [1.82, 2.24) is 9.88 Å². The standard InChI is InChI=1S/C18H22N2O4S2/c1-13-3-5-16(6-4-13)24-10-17-19-14(11-25-17)9-18(21)20(2)15-7-8-26(22,23)12-15/h3-6,11,15H,7-10,12H2,1-2H3. The summed E-state index contributed by atoms with van der Waals surface area (Å²) in [6.45, 7) is 2.38. The molecule has 3 rings (SSSR count). The summed E-state index contributed by atoms with van der Waals surface area (Å²) in [4.78, 5) is 18.4. The molecule has 140 valence electrons. The van der Waals surface area contributed by atoms with Gasteiger partial charge in [-0.2, -0.15) is 0 Å². The third-order valence-corrected chi connectivity index (χ3v) is 7.09. The smallest absolute Gasteiger partial charge is 0.228 e. The van der Waals surface area contributed by atoms with Crippen LogP contribution in [0.2, 0.25) is 0 Å². The molecule has 0 spiro atoms. The number of likely N-dealkylation sites (N-methyl/N-ethyl adjacent to an activating group) is 1. The number of thiazole rings is 1. The highest BCUT2D eigenvalue weighted by Crippen LogP contribution is 2.19.